The van der Waals surface area contributed by atoms with Crippen molar-refractivity contribution in [1.82, 2.24) is 5.32 Å². The molecule has 3 unspecified atom stereocenters. The van der Waals surface area contributed by atoms with Gasteiger partial charge in [0, 0.05) is 42.0 Å². The third kappa shape index (κ3) is 3.41. The second-order valence-corrected chi connectivity index (χ2v) is 11.0. The zero-order valence-electron chi connectivity index (χ0n) is 18.3. The van der Waals surface area contributed by atoms with Gasteiger partial charge in [0.25, 0.3) is 0 Å². The molecule has 1 heterocycles. The maximum absolute atomic E-state index is 13.4. The molecule has 1 aromatic carbocycles. The lowest BCUT2D eigenvalue weighted by Crippen LogP contribution is -2.55. The molecule has 1 aromatic rings. The van der Waals surface area contributed by atoms with E-state index in [4.69, 9.17) is 16.3 Å². The summed E-state index contributed by atoms with van der Waals surface area (Å²) in [5.74, 6) is -0.516. The Bertz CT molecular complexity index is 962. The van der Waals surface area contributed by atoms with E-state index in [2.05, 4.69) is 33.0 Å². The second kappa shape index (κ2) is 7.01. The Labute approximate surface area is 182 Å². The van der Waals surface area contributed by atoms with Crippen molar-refractivity contribution in [2.24, 2.45) is 16.7 Å². The average molecular weight is 432 g/mol. The zero-order valence-corrected chi connectivity index (χ0v) is 19.0. The van der Waals surface area contributed by atoms with Gasteiger partial charge in [-0.3, -0.25) is 9.59 Å². The lowest BCUT2D eigenvalue weighted by molar-refractivity contribution is -0.130. The fourth-order valence-electron chi connectivity index (χ4n) is 5.71. The standard InChI is InChI=1S/C24H30ClNO4/c1-23(2)8-13-19(15(27)10-23)18(12-6-7-17(30-5)22(29)21(12)25)20-14(26-13)9-24(3,4)11-16(20)28/h6-7,13,18-19,26,29H,8-11H2,1-5H3. The predicted molar refractivity (Wildman–Crippen MR) is 116 cm³/mol. The van der Waals surface area contributed by atoms with E-state index in [1.165, 1.54) is 7.11 Å². The summed E-state index contributed by atoms with van der Waals surface area (Å²) in [5, 5.41) is 14.3. The number of phenols is 1. The molecule has 0 aromatic heterocycles. The first kappa shape index (κ1) is 21.2. The minimum absolute atomic E-state index is 0.0567. The number of hydrogen-bond donors (Lipinski definition) is 2. The van der Waals surface area contributed by atoms with E-state index in [1.807, 2.05) is 0 Å². The predicted octanol–water partition coefficient (Wildman–Crippen LogP) is 4.76. The van der Waals surface area contributed by atoms with Crippen LogP contribution in [0.3, 0.4) is 0 Å². The number of nitrogens with one attached hydrogen (secondary N) is 1. The van der Waals surface area contributed by atoms with Gasteiger partial charge in [-0.2, -0.15) is 0 Å². The SMILES string of the molecule is COc1ccc(C2C3=C(CC(C)(C)CC3=O)NC3CC(C)(C)CC(=O)C32)c(Cl)c1O. The highest BCUT2D eigenvalue weighted by molar-refractivity contribution is 6.33. The summed E-state index contributed by atoms with van der Waals surface area (Å²) >= 11 is 6.58. The van der Waals surface area contributed by atoms with Gasteiger partial charge in [0.05, 0.1) is 12.1 Å². The quantitative estimate of drug-likeness (QED) is 0.706. The van der Waals surface area contributed by atoms with Crippen molar-refractivity contribution in [1.29, 1.82) is 0 Å². The number of benzene rings is 1. The molecule has 3 aliphatic rings. The summed E-state index contributed by atoms with van der Waals surface area (Å²) in [6, 6.07) is 3.38. The van der Waals surface area contributed by atoms with Crippen molar-refractivity contribution in [3.8, 4) is 11.5 Å². The molecule has 0 spiro atoms. The maximum Gasteiger partial charge on any atom is 0.177 e. The van der Waals surface area contributed by atoms with Crippen LogP contribution in [0.5, 0.6) is 11.5 Å². The molecule has 30 heavy (non-hydrogen) atoms. The molecule has 1 fully saturated rings. The number of carbonyl (C=O) groups excluding carboxylic acids is 2. The van der Waals surface area contributed by atoms with E-state index >= 15 is 0 Å². The number of methoxy groups -OCH3 is 1. The molecular formula is C24H30ClNO4. The smallest absolute Gasteiger partial charge is 0.177 e. The van der Waals surface area contributed by atoms with E-state index in [-0.39, 0.29) is 50.9 Å². The lowest BCUT2D eigenvalue weighted by atomic mass is 9.59. The average Bonchev–Trinajstić information content (AvgIpc) is 2.60. The number of ether oxygens (including phenoxy) is 1. The van der Waals surface area contributed by atoms with E-state index < -0.39 is 5.92 Å². The lowest BCUT2D eigenvalue weighted by Gasteiger charge is -2.50. The molecule has 0 amide bonds. The first-order chi connectivity index (χ1) is 13.9. The highest BCUT2D eigenvalue weighted by Gasteiger charge is 2.52. The molecule has 0 bridgehead atoms. The van der Waals surface area contributed by atoms with Crippen molar-refractivity contribution in [2.75, 3.05) is 7.11 Å². The number of rotatable bonds is 2. The fraction of sp³-hybridized carbons (Fsp3) is 0.583. The van der Waals surface area contributed by atoms with Crippen LogP contribution in [0.1, 0.15) is 64.9 Å². The largest absolute Gasteiger partial charge is 0.503 e. The number of phenolic OH excluding ortho intramolecular Hbond substituents is 1. The van der Waals surface area contributed by atoms with Crippen LogP contribution >= 0.6 is 11.6 Å². The molecule has 2 N–H and O–H groups in total. The molecule has 162 valence electrons. The number of hydrogen-bond acceptors (Lipinski definition) is 5. The van der Waals surface area contributed by atoms with Crippen LogP contribution in [0.15, 0.2) is 23.4 Å². The number of ketones is 2. The summed E-state index contributed by atoms with van der Waals surface area (Å²) in [7, 11) is 1.46. The maximum atomic E-state index is 13.4. The van der Waals surface area contributed by atoms with Gasteiger partial charge in [-0.25, -0.2) is 0 Å². The van der Waals surface area contributed by atoms with Gasteiger partial charge < -0.3 is 15.2 Å². The molecular weight excluding hydrogens is 402 g/mol. The van der Waals surface area contributed by atoms with Crippen molar-refractivity contribution < 1.29 is 19.4 Å². The van der Waals surface area contributed by atoms with Gasteiger partial charge in [0.1, 0.15) is 5.78 Å². The van der Waals surface area contributed by atoms with Crippen molar-refractivity contribution in [3.63, 3.8) is 0 Å². The Kier molecular flexibility index (Phi) is 4.96. The topological polar surface area (TPSA) is 75.6 Å². The molecule has 0 saturated heterocycles. The Morgan fingerprint density at radius 2 is 1.80 bits per heavy atom. The molecule has 3 atom stereocenters. The molecule has 4 rings (SSSR count). The summed E-state index contributed by atoms with van der Waals surface area (Å²) in [4.78, 5) is 26.7. The van der Waals surface area contributed by atoms with Crippen LogP contribution in [0.25, 0.3) is 0 Å². The Morgan fingerprint density at radius 1 is 1.10 bits per heavy atom. The Morgan fingerprint density at radius 3 is 2.47 bits per heavy atom. The monoisotopic (exact) mass is 431 g/mol. The van der Waals surface area contributed by atoms with E-state index in [1.54, 1.807) is 12.1 Å². The molecule has 1 saturated carbocycles. The van der Waals surface area contributed by atoms with Gasteiger partial charge in [-0.1, -0.05) is 45.4 Å². The number of allylic oxidation sites excluding steroid dienone is 2. The van der Waals surface area contributed by atoms with E-state index in [0.29, 0.717) is 24.0 Å². The number of fused-ring (bicyclic) bond motifs is 1. The van der Waals surface area contributed by atoms with Crippen LogP contribution in [0.2, 0.25) is 5.02 Å². The Balaban J connectivity index is 1.92. The minimum Gasteiger partial charge on any atom is -0.503 e. The van der Waals surface area contributed by atoms with Crippen molar-refractivity contribution in [2.45, 2.75) is 65.3 Å². The first-order valence-electron chi connectivity index (χ1n) is 10.5. The van der Waals surface area contributed by atoms with Crippen molar-refractivity contribution in [3.05, 3.63) is 34.0 Å². The van der Waals surface area contributed by atoms with Gasteiger partial charge in [0.15, 0.2) is 17.3 Å². The number of carbonyl (C=O) groups is 2. The number of Topliss-reactive ketones (excluding diaryl/α,β-unsaturated/α-hetero) is 2. The van der Waals surface area contributed by atoms with Crippen LogP contribution in [0, 0.1) is 16.7 Å². The second-order valence-electron chi connectivity index (χ2n) is 10.6. The third-order valence-electron chi connectivity index (χ3n) is 6.84. The molecule has 0 radical (unpaired) electrons. The third-order valence-corrected chi connectivity index (χ3v) is 7.24. The van der Waals surface area contributed by atoms with Gasteiger partial charge >= 0.3 is 0 Å². The molecule has 5 nitrogen and oxygen atoms in total. The van der Waals surface area contributed by atoms with E-state index in [9.17, 15) is 14.7 Å². The van der Waals surface area contributed by atoms with Crippen LogP contribution in [-0.4, -0.2) is 29.8 Å². The van der Waals surface area contributed by atoms with Gasteiger partial charge in [0.2, 0.25) is 0 Å². The van der Waals surface area contributed by atoms with Gasteiger partial charge in [-0.15, -0.1) is 0 Å². The fourth-order valence-corrected chi connectivity index (χ4v) is 5.99. The normalized spacial score (nSPS) is 29.7. The highest BCUT2D eigenvalue weighted by atomic mass is 35.5. The van der Waals surface area contributed by atoms with Crippen LogP contribution in [-0.2, 0) is 9.59 Å². The highest BCUT2D eigenvalue weighted by Crippen LogP contribution is 2.54. The minimum atomic E-state index is -0.456. The number of aromatic hydroxyl groups is 1. The molecule has 1 aliphatic heterocycles. The summed E-state index contributed by atoms with van der Waals surface area (Å²) < 4.78 is 5.19. The molecule has 2 aliphatic carbocycles. The first-order valence-corrected chi connectivity index (χ1v) is 10.9. The van der Waals surface area contributed by atoms with E-state index in [0.717, 1.165) is 18.5 Å². The van der Waals surface area contributed by atoms with Crippen LogP contribution < -0.4 is 10.1 Å². The summed E-state index contributed by atoms with van der Waals surface area (Å²) in [5.41, 5.74) is 1.98. The zero-order chi connectivity index (χ0) is 22.0. The summed E-state index contributed by atoms with van der Waals surface area (Å²) in [6.07, 6.45) is 2.49. The van der Waals surface area contributed by atoms with Crippen molar-refractivity contribution >= 4 is 23.2 Å². The van der Waals surface area contributed by atoms with Crippen LogP contribution in [0.4, 0.5) is 0 Å². The Hall–Kier alpha value is -2.01. The molecule has 6 heteroatoms. The summed E-state index contributed by atoms with van der Waals surface area (Å²) in [6.45, 7) is 8.42. The number of halogens is 1. The van der Waals surface area contributed by atoms with Gasteiger partial charge in [-0.05, 0) is 35.3 Å².